The lowest BCUT2D eigenvalue weighted by Crippen LogP contribution is -1.96. The first-order valence-corrected chi connectivity index (χ1v) is 6.20. The lowest BCUT2D eigenvalue weighted by Gasteiger charge is -2.04. The van der Waals surface area contributed by atoms with Crippen LogP contribution in [0.4, 0.5) is 11.6 Å². The molecule has 0 unspecified atom stereocenters. The molecule has 5 nitrogen and oxygen atoms in total. The number of thiazole rings is 1. The number of rotatable bonds is 3. The maximum atomic E-state index is 4.29. The number of nitrogens with one attached hydrogen (secondary N) is 1. The van der Waals surface area contributed by atoms with Crippen LogP contribution in [0.15, 0.2) is 48.4 Å². The smallest absolute Gasteiger partial charge is 0.227 e. The number of hydrogen-bond donors (Lipinski definition) is 1. The minimum Gasteiger partial charge on any atom is -0.324 e. The Labute approximate surface area is 108 Å². The maximum absolute atomic E-state index is 4.29. The Hall–Kier alpha value is -2.34. The van der Waals surface area contributed by atoms with E-state index in [9.17, 15) is 0 Å². The van der Waals surface area contributed by atoms with Gasteiger partial charge in [-0.05, 0) is 18.2 Å². The molecule has 0 aliphatic carbocycles. The molecule has 0 atom stereocenters. The monoisotopic (exact) mass is 255 g/mol. The first-order valence-electron chi connectivity index (χ1n) is 5.32. The van der Waals surface area contributed by atoms with Crippen LogP contribution in [0.1, 0.15) is 0 Å². The van der Waals surface area contributed by atoms with E-state index >= 15 is 0 Å². The quantitative estimate of drug-likeness (QED) is 0.779. The zero-order chi connectivity index (χ0) is 12.2. The molecule has 18 heavy (non-hydrogen) atoms. The number of aromatic nitrogens is 4. The van der Waals surface area contributed by atoms with E-state index in [2.05, 4.69) is 25.3 Å². The highest BCUT2D eigenvalue weighted by molar-refractivity contribution is 7.13. The van der Waals surface area contributed by atoms with Crippen LogP contribution in [-0.2, 0) is 0 Å². The summed E-state index contributed by atoms with van der Waals surface area (Å²) in [4.78, 5) is 16.7. The summed E-state index contributed by atoms with van der Waals surface area (Å²) in [5, 5.41) is 5.94. The van der Waals surface area contributed by atoms with Gasteiger partial charge in [0, 0.05) is 35.9 Å². The molecule has 88 valence electrons. The maximum Gasteiger partial charge on any atom is 0.227 e. The van der Waals surface area contributed by atoms with Crippen molar-refractivity contribution >= 4 is 23.0 Å². The highest BCUT2D eigenvalue weighted by Gasteiger charge is 2.03. The molecule has 0 fully saturated rings. The van der Waals surface area contributed by atoms with Crippen molar-refractivity contribution in [1.29, 1.82) is 0 Å². The van der Waals surface area contributed by atoms with Gasteiger partial charge in [-0.1, -0.05) is 0 Å². The van der Waals surface area contributed by atoms with E-state index in [0.29, 0.717) is 5.95 Å². The lowest BCUT2D eigenvalue weighted by atomic mass is 10.3. The van der Waals surface area contributed by atoms with Crippen molar-refractivity contribution in [2.24, 2.45) is 0 Å². The minimum atomic E-state index is 0.564. The Morgan fingerprint density at radius 1 is 0.944 bits per heavy atom. The van der Waals surface area contributed by atoms with Gasteiger partial charge in [-0.15, -0.1) is 11.3 Å². The molecule has 3 rings (SSSR count). The van der Waals surface area contributed by atoms with Gasteiger partial charge in [0.05, 0.1) is 0 Å². The molecular formula is C12H9N5S. The summed E-state index contributed by atoms with van der Waals surface area (Å²) < 4.78 is 0. The molecule has 0 aromatic carbocycles. The van der Waals surface area contributed by atoms with Gasteiger partial charge in [0.15, 0.2) is 0 Å². The first kappa shape index (κ1) is 10.8. The predicted octanol–water partition coefficient (Wildman–Crippen LogP) is 2.74. The number of hydrogen-bond acceptors (Lipinski definition) is 6. The first-order chi connectivity index (χ1) is 8.92. The SMILES string of the molecule is c1cnc(Nc2ccnc(-c3nccs3)c2)nc1. The molecule has 0 radical (unpaired) electrons. The third kappa shape index (κ3) is 2.33. The standard InChI is InChI=1S/C12H9N5S/c1-3-15-12(16-4-1)17-9-2-5-13-10(8-9)11-14-6-7-18-11/h1-8H,(H,13,15,16,17). The second-order valence-electron chi connectivity index (χ2n) is 3.46. The molecule has 0 saturated carbocycles. The zero-order valence-electron chi connectivity index (χ0n) is 9.32. The van der Waals surface area contributed by atoms with E-state index < -0.39 is 0 Å². The van der Waals surface area contributed by atoms with Crippen LogP contribution < -0.4 is 5.32 Å². The fourth-order valence-corrected chi connectivity index (χ4v) is 2.07. The number of nitrogens with zero attached hydrogens (tertiary/aromatic N) is 4. The molecule has 3 aromatic heterocycles. The Morgan fingerprint density at radius 3 is 2.61 bits per heavy atom. The fourth-order valence-electron chi connectivity index (χ4n) is 1.47. The van der Waals surface area contributed by atoms with E-state index in [4.69, 9.17) is 0 Å². The lowest BCUT2D eigenvalue weighted by molar-refractivity contribution is 1.16. The van der Waals surface area contributed by atoms with Crippen LogP contribution in [0, 0.1) is 0 Å². The van der Waals surface area contributed by atoms with Gasteiger partial charge < -0.3 is 5.32 Å². The normalized spacial score (nSPS) is 10.2. The summed E-state index contributed by atoms with van der Waals surface area (Å²) >= 11 is 1.56. The zero-order valence-corrected chi connectivity index (χ0v) is 10.1. The summed E-state index contributed by atoms with van der Waals surface area (Å²) in [7, 11) is 0. The van der Waals surface area contributed by atoms with Gasteiger partial charge in [-0.25, -0.2) is 15.0 Å². The van der Waals surface area contributed by atoms with Crippen LogP contribution in [0.5, 0.6) is 0 Å². The van der Waals surface area contributed by atoms with Gasteiger partial charge in [0.1, 0.15) is 10.7 Å². The average molecular weight is 255 g/mol. The van der Waals surface area contributed by atoms with Gasteiger partial charge in [-0.3, -0.25) is 4.98 Å². The van der Waals surface area contributed by atoms with E-state index in [1.165, 1.54) is 0 Å². The Balaban J connectivity index is 1.88. The third-order valence-corrected chi connectivity index (χ3v) is 3.03. The van der Waals surface area contributed by atoms with Gasteiger partial charge in [0.2, 0.25) is 5.95 Å². The molecular weight excluding hydrogens is 246 g/mol. The topological polar surface area (TPSA) is 63.6 Å². The van der Waals surface area contributed by atoms with Crippen LogP contribution >= 0.6 is 11.3 Å². The van der Waals surface area contributed by atoms with Crippen molar-refractivity contribution in [2.45, 2.75) is 0 Å². The van der Waals surface area contributed by atoms with E-state index in [1.807, 2.05) is 17.5 Å². The highest BCUT2D eigenvalue weighted by Crippen LogP contribution is 2.22. The molecule has 0 amide bonds. The number of pyridine rings is 1. The van der Waals surface area contributed by atoms with Crippen molar-refractivity contribution < 1.29 is 0 Å². The molecule has 0 aliphatic rings. The number of anilines is 2. The fraction of sp³-hybridized carbons (Fsp3) is 0. The summed E-state index contributed by atoms with van der Waals surface area (Å²) in [5.41, 5.74) is 1.73. The Morgan fingerprint density at radius 2 is 1.83 bits per heavy atom. The molecule has 3 heterocycles. The largest absolute Gasteiger partial charge is 0.324 e. The van der Waals surface area contributed by atoms with Crippen LogP contribution in [0.2, 0.25) is 0 Å². The summed E-state index contributed by atoms with van der Waals surface area (Å²) in [6, 6.07) is 5.57. The van der Waals surface area contributed by atoms with Gasteiger partial charge >= 0.3 is 0 Å². The predicted molar refractivity (Wildman–Crippen MR) is 70.7 cm³/mol. The summed E-state index contributed by atoms with van der Waals surface area (Å²) in [6.07, 6.45) is 6.89. The third-order valence-electron chi connectivity index (χ3n) is 2.23. The Bertz CT molecular complexity index is 624. The Kier molecular flexibility index (Phi) is 2.93. The molecule has 3 aromatic rings. The van der Waals surface area contributed by atoms with Gasteiger partial charge in [0.25, 0.3) is 0 Å². The molecule has 0 aliphatic heterocycles. The molecule has 1 N–H and O–H groups in total. The molecule has 0 spiro atoms. The van der Waals surface area contributed by atoms with E-state index in [-0.39, 0.29) is 0 Å². The van der Waals surface area contributed by atoms with Crippen molar-refractivity contribution in [1.82, 2.24) is 19.9 Å². The van der Waals surface area contributed by atoms with Gasteiger partial charge in [-0.2, -0.15) is 0 Å². The van der Waals surface area contributed by atoms with Crippen LogP contribution in [0.3, 0.4) is 0 Å². The second-order valence-corrected chi connectivity index (χ2v) is 4.36. The summed E-state index contributed by atoms with van der Waals surface area (Å²) in [5.74, 6) is 0.564. The highest BCUT2D eigenvalue weighted by atomic mass is 32.1. The summed E-state index contributed by atoms with van der Waals surface area (Å²) in [6.45, 7) is 0. The van der Waals surface area contributed by atoms with Crippen molar-refractivity contribution in [3.8, 4) is 10.7 Å². The van der Waals surface area contributed by atoms with E-state index in [0.717, 1.165) is 16.4 Å². The molecule has 6 heteroatoms. The average Bonchev–Trinajstić information content (AvgIpc) is 2.94. The van der Waals surface area contributed by atoms with Crippen molar-refractivity contribution in [2.75, 3.05) is 5.32 Å². The van der Waals surface area contributed by atoms with Crippen LogP contribution in [-0.4, -0.2) is 19.9 Å². The van der Waals surface area contributed by atoms with E-state index in [1.54, 1.807) is 42.2 Å². The minimum absolute atomic E-state index is 0.564. The van der Waals surface area contributed by atoms with Crippen LogP contribution in [0.25, 0.3) is 10.7 Å². The van der Waals surface area contributed by atoms with Crippen molar-refractivity contribution in [3.63, 3.8) is 0 Å². The molecule has 0 bridgehead atoms. The van der Waals surface area contributed by atoms with Crippen molar-refractivity contribution in [3.05, 3.63) is 48.4 Å². The molecule has 0 saturated heterocycles. The second kappa shape index (κ2) is 4.89.